The van der Waals surface area contributed by atoms with Crippen LogP contribution in [0.4, 0.5) is 0 Å². The number of furan rings is 1. The van der Waals surface area contributed by atoms with Gasteiger partial charge in [-0.25, -0.2) is 4.98 Å². The van der Waals surface area contributed by atoms with Crippen molar-refractivity contribution in [3.8, 4) is 10.6 Å². The molecule has 2 aromatic heterocycles. The Kier molecular flexibility index (Phi) is 5.91. The van der Waals surface area contributed by atoms with Gasteiger partial charge in [-0.3, -0.25) is 4.79 Å². The van der Waals surface area contributed by atoms with E-state index in [4.69, 9.17) is 9.15 Å². The number of amides is 1. The Morgan fingerprint density at radius 1 is 1.62 bits per heavy atom. The second-order valence-electron chi connectivity index (χ2n) is 4.58. The number of nitrogens with zero attached hydrogens (tertiary/aromatic N) is 1. The molecule has 0 aliphatic carbocycles. The van der Waals surface area contributed by atoms with Crippen LogP contribution < -0.4 is 5.32 Å². The Labute approximate surface area is 126 Å². The summed E-state index contributed by atoms with van der Waals surface area (Å²) in [6.45, 7) is 0.693. The van der Waals surface area contributed by atoms with Gasteiger partial charge >= 0.3 is 0 Å². The van der Waals surface area contributed by atoms with Crippen LogP contribution in [-0.4, -0.2) is 42.4 Å². The number of aliphatic hydroxyl groups is 1. The summed E-state index contributed by atoms with van der Waals surface area (Å²) in [4.78, 5) is 16.2. The molecule has 0 fully saturated rings. The largest absolute Gasteiger partial charge is 0.472 e. The zero-order valence-electron chi connectivity index (χ0n) is 11.7. The van der Waals surface area contributed by atoms with Crippen LogP contribution in [0.1, 0.15) is 12.1 Å². The normalized spacial score (nSPS) is 12.3. The first kappa shape index (κ1) is 15.7. The molecule has 1 amide bonds. The molecule has 2 rings (SSSR count). The van der Waals surface area contributed by atoms with Crippen molar-refractivity contribution in [1.82, 2.24) is 10.3 Å². The standard InChI is InChI=1S/C14H18N2O4S/c1-19-8-12(17)2-4-15-13(18)6-11-9-21-14(16-11)10-3-5-20-7-10/h3,5,7,9,12,17H,2,4,6,8H2,1H3,(H,15,18). The molecule has 1 atom stereocenters. The number of aliphatic hydroxyl groups excluding tert-OH is 1. The van der Waals surface area contributed by atoms with Crippen LogP contribution in [0.25, 0.3) is 10.6 Å². The van der Waals surface area contributed by atoms with Crippen molar-refractivity contribution in [2.75, 3.05) is 20.3 Å². The molecule has 0 aromatic carbocycles. The van der Waals surface area contributed by atoms with Gasteiger partial charge in [0.1, 0.15) is 11.3 Å². The molecule has 0 spiro atoms. The van der Waals surface area contributed by atoms with Crippen molar-refractivity contribution in [2.24, 2.45) is 0 Å². The Hall–Kier alpha value is -1.70. The zero-order chi connectivity index (χ0) is 15.1. The van der Waals surface area contributed by atoms with E-state index >= 15 is 0 Å². The van der Waals surface area contributed by atoms with Crippen molar-refractivity contribution in [3.05, 3.63) is 29.7 Å². The molecule has 7 heteroatoms. The molecule has 0 aliphatic rings. The van der Waals surface area contributed by atoms with E-state index in [9.17, 15) is 9.90 Å². The number of thiazole rings is 1. The highest BCUT2D eigenvalue weighted by atomic mass is 32.1. The number of rotatable bonds is 8. The molecule has 0 bridgehead atoms. The van der Waals surface area contributed by atoms with E-state index in [1.807, 2.05) is 11.4 Å². The Bertz CT molecular complexity index is 553. The van der Waals surface area contributed by atoms with E-state index in [0.29, 0.717) is 13.0 Å². The van der Waals surface area contributed by atoms with E-state index in [-0.39, 0.29) is 18.9 Å². The molecule has 0 saturated carbocycles. The van der Waals surface area contributed by atoms with Crippen LogP contribution in [0.5, 0.6) is 0 Å². The number of hydrogen-bond donors (Lipinski definition) is 2. The lowest BCUT2D eigenvalue weighted by molar-refractivity contribution is -0.120. The number of aromatic nitrogens is 1. The quantitative estimate of drug-likeness (QED) is 0.771. The SMILES string of the molecule is COCC(O)CCNC(=O)Cc1csc(-c2ccoc2)n1. The number of nitrogens with one attached hydrogen (secondary N) is 1. The summed E-state index contributed by atoms with van der Waals surface area (Å²) in [5.41, 5.74) is 1.64. The first-order valence-electron chi connectivity index (χ1n) is 6.59. The van der Waals surface area contributed by atoms with E-state index < -0.39 is 6.10 Å². The summed E-state index contributed by atoms with van der Waals surface area (Å²) in [5, 5.41) is 14.9. The molecule has 2 heterocycles. The highest BCUT2D eigenvalue weighted by Gasteiger charge is 2.10. The van der Waals surface area contributed by atoms with Gasteiger partial charge in [-0.2, -0.15) is 0 Å². The monoisotopic (exact) mass is 310 g/mol. The summed E-state index contributed by atoms with van der Waals surface area (Å²) in [6.07, 6.45) is 3.36. The first-order valence-corrected chi connectivity index (χ1v) is 7.47. The molecule has 0 saturated heterocycles. The van der Waals surface area contributed by atoms with Crippen molar-refractivity contribution in [3.63, 3.8) is 0 Å². The minimum absolute atomic E-state index is 0.108. The van der Waals surface area contributed by atoms with Crippen LogP contribution in [0.3, 0.4) is 0 Å². The van der Waals surface area contributed by atoms with Gasteiger partial charge in [-0.1, -0.05) is 0 Å². The lowest BCUT2D eigenvalue weighted by Gasteiger charge is -2.09. The molecule has 1 unspecified atom stereocenters. The Balaban J connectivity index is 1.75. The third-order valence-corrected chi connectivity index (χ3v) is 3.76. The van der Waals surface area contributed by atoms with Gasteiger partial charge in [-0.15, -0.1) is 11.3 Å². The van der Waals surface area contributed by atoms with Crippen molar-refractivity contribution in [1.29, 1.82) is 0 Å². The van der Waals surface area contributed by atoms with Gasteiger partial charge < -0.3 is 19.6 Å². The molecular formula is C14H18N2O4S. The number of ether oxygens (including phenoxy) is 1. The van der Waals surface area contributed by atoms with Crippen LogP contribution in [0, 0.1) is 0 Å². The number of carbonyl (C=O) groups excluding carboxylic acids is 1. The maximum atomic E-state index is 11.8. The van der Waals surface area contributed by atoms with Crippen molar-refractivity contribution < 1.29 is 19.1 Å². The number of methoxy groups -OCH3 is 1. The summed E-state index contributed by atoms with van der Waals surface area (Å²) < 4.78 is 9.82. The minimum atomic E-state index is -0.553. The third-order valence-electron chi connectivity index (χ3n) is 2.82. The van der Waals surface area contributed by atoms with Crippen LogP contribution in [0.2, 0.25) is 0 Å². The number of hydrogen-bond acceptors (Lipinski definition) is 6. The Morgan fingerprint density at radius 3 is 3.19 bits per heavy atom. The van der Waals surface area contributed by atoms with Gasteiger partial charge in [0, 0.05) is 24.6 Å². The molecule has 0 radical (unpaired) electrons. The zero-order valence-corrected chi connectivity index (χ0v) is 12.6. The van der Waals surface area contributed by atoms with Crippen LogP contribution >= 0.6 is 11.3 Å². The molecule has 0 aliphatic heterocycles. The Morgan fingerprint density at radius 2 is 2.48 bits per heavy atom. The smallest absolute Gasteiger partial charge is 0.226 e. The number of carbonyl (C=O) groups is 1. The predicted molar refractivity (Wildman–Crippen MR) is 79.0 cm³/mol. The van der Waals surface area contributed by atoms with E-state index in [1.54, 1.807) is 12.5 Å². The van der Waals surface area contributed by atoms with Crippen molar-refractivity contribution >= 4 is 17.2 Å². The second kappa shape index (κ2) is 7.92. The van der Waals surface area contributed by atoms with Gasteiger partial charge in [0.2, 0.25) is 5.91 Å². The predicted octanol–water partition coefficient (Wildman–Crippen LogP) is 1.46. The second-order valence-corrected chi connectivity index (χ2v) is 5.44. The fraction of sp³-hybridized carbons (Fsp3) is 0.429. The average molecular weight is 310 g/mol. The summed E-state index contributed by atoms with van der Waals surface area (Å²) in [5.74, 6) is -0.108. The highest BCUT2D eigenvalue weighted by Crippen LogP contribution is 2.23. The van der Waals surface area contributed by atoms with Crippen molar-refractivity contribution in [2.45, 2.75) is 18.9 Å². The molecule has 6 nitrogen and oxygen atoms in total. The van der Waals surface area contributed by atoms with E-state index in [0.717, 1.165) is 16.3 Å². The molecule has 21 heavy (non-hydrogen) atoms. The van der Waals surface area contributed by atoms with Crippen LogP contribution in [-0.2, 0) is 16.0 Å². The fourth-order valence-electron chi connectivity index (χ4n) is 1.79. The fourth-order valence-corrected chi connectivity index (χ4v) is 2.59. The summed E-state index contributed by atoms with van der Waals surface area (Å²) in [6, 6.07) is 1.83. The maximum absolute atomic E-state index is 11.8. The van der Waals surface area contributed by atoms with Gasteiger partial charge in [0.15, 0.2) is 0 Å². The van der Waals surface area contributed by atoms with E-state index in [1.165, 1.54) is 18.4 Å². The van der Waals surface area contributed by atoms with Gasteiger partial charge in [0.05, 0.1) is 31.1 Å². The lowest BCUT2D eigenvalue weighted by Crippen LogP contribution is -2.29. The molecular weight excluding hydrogens is 292 g/mol. The highest BCUT2D eigenvalue weighted by molar-refractivity contribution is 7.13. The third kappa shape index (κ3) is 4.96. The molecule has 2 N–H and O–H groups in total. The summed E-state index contributed by atoms with van der Waals surface area (Å²) in [7, 11) is 1.53. The van der Waals surface area contributed by atoms with Crippen LogP contribution in [0.15, 0.2) is 28.4 Å². The summed E-state index contributed by atoms with van der Waals surface area (Å²) >= 11 is 1.48. The molecule has 2 aromatic rings. The van der Waals surface area contributed by atoms with Gasteiger partial charge in [0.25, 0.3) is 0 Å². The first-order chi connectivity index (χ1) is 10.2. The minimum Gasteiger partial charge on any atom is -0.472 e. The lowest BCUT2D eigenvalue weighted by atomic mass is 10.2. The topological polar surface area (TPSA) is 84.6 Å². The van der Waals surface area contributed by atoms with E-state index in [2.05, 4.69) is 10.3 Å². The van der Waals surface area contributed by atoms with Gasteiger partial charge in [-0.05, 0) is 12.5 Å². The molecule has 114 valence electrons. The average Bonchev–Trinajstić information content (AvgIpc) is 3.09. The maximum Gasteiger partial charge on any atom is 0.226 e.